The van der Waals surface area contributed by atoms with Crippen LogP contribution in [0.25, 0.3) is 0 Å². The van der Waals surface area contributed by atoms with E-state index in [4.69, 9.17) is 10.6 Å². The van der Waals surface area contributed by atoms with E-state index in [1.807, 2.05) is 13.8 Å². The Morgan fingerprint density at radius 1 is 1.32 bits per heavy atom. The number of nitrogens with one attached hydrogen (secondary N) is 1. The Hall–Kier alpha value is -3.52. The first kappa shape index (κ1) is 23.6. The third kappa shape index (κ3) is 4.72. The number of carbonyl (C=O) groups is 1. The Balaban J connectivity index is 1.41. The molecule has 3 aromatic rings. The Bertz CT molecular complexity index is 1240. The predicted octanol–water partition coefficient (Wildman–Crippen LogP) is 3.85. The van der Waals surface area contributed by atoms with E-state index in [9.17, 15) is 14.4 Å². The van der Waals surface area contributed by atoms with Crippen molar-refractivity contribution >= 4 is 23.5 Å². The Kier molecular flexibility index (Phi) is 7.07. The number of carbonyl (C=O) groups excluding carboxylic acids is 1. The fourth-order valence-corrected chi connectivity index (χ4v) is 4.89. The number of nitrogens with two attached hydrogens (primary N) is 1. The van der Waals surface area contributed by atoms with Crippen LogP contribution in [-0.2, 0) is 11.4 Å². The van der Waals surface area contributed by atoms with Crippen molar-refractivity contribution in [2.75, 3.05) is 16.9 Å². The molecule has 34 heavy (non-hydrogen) atoms. The number of hydrogen-bond acceptors (Lipinski definition) is 7. The summed E-state index contributed by atoms with van der Waals surface area (Å²) < 4.78 is 22.5. The van der Waals surface area contributed by atoms with Gasteiger partial charge in [-0.3, -0.25) is 4.79 Å². The molecule has 1 aliphatic rings. The molecule has 9 nitrogen and oxygen atoms in total. The molecular weight excluding hydrogens is 457 g/mol. The largest absolute Gasteiger partial charge is 0.482 e. The van der Waals surface area contributed by atoms with E-state index in [1.165, 1.54) is 16.8 Å². The maximum absolute atomic E-state index is 13.7. The van der Waals surface area contributed by atoms with Crippen molar-refractivity contribution in [1.29, 1.82) is 5.26 Å². The van der Waals surface area contributed by atoms with Crippen LogP contribution in [-0.4, -0.2) is 31.1 Å². The van der Waals surface area contributed by atoms with Crippen LogP contribution in [0.15, 0.2) is 29.4 Å². The Morgan fingerprint density at radius 2 is 2.06 bits per heavy atom. The second-order valence-corrected chi connectivity index (χ2v) is 9.12. The highest BCUT2D eigenvalue weighted by Crippen LogP contribution is 2.37. The summed E-state index contributed by atoms with van der Waals surface area (Å²) in [6, 6.07) is 8.56. The zero-order valence-corrected chi connectivity index (χ0v) is 19.9. The summed E-state index contributed by atoms with van der Waals surface area (Å²) in [6.07, 6.45) is 4.35. The van der Waals surface area contributed by atoms with E-state index in [0.29, 0.717) is 22.4 Å². The van der Waals surface area contributed by atoms with Gasteiger partial charge in [-0.1, -0.05) is 36.7 Å². The van der Waals surface area contributed by atoms with Crippen LogP contribution < -0.4 is 15.9 Å². The lowest BCUT2D eigenvalue weighted by molar-refractivity contribution is -0.113. The average molecular weight is 484 g/mol. The molecule has 1 aromatic carbocycles. The van der Waals surface area contributed by atoms with Gasteiger partial charge < -0.3 is 20.5 Å². The van der Waals surface area contributed by atoms with Crippen LogP contribution in [0.3, 0.4) is 0 Å². The summed E-state index contributed by atoms with van der Waals surface area (Å²) in [7, 11) is 0. The van der Waals surface area contributed by atoms with E-state index >= 15 is 0 Å². The molecule has 0 saturated heterocycles. The van der Waals surface area contributed by atoms with Gasteiger partial charge in [0, 0.05) is 11.7 Å². The zero-order chi connectivity index (χ0) is 24.2. The number of nitriles is 1. The molecule has 178 valence electrons. The number of benzene rings is 1. The summed E-state index contributed by atoms with van der Waals surface area (Å²) in [4.78, 5) is 12.8. The minimum absolute atomic E-state index is 0.0301. The molecule has 3 N–H and O–H groups in total. The van der Waals surface area contributed by atoms with Crippen molar-refractivity contribution in [2.45, 2.75) is 57.3 Å². The maximum Gasteiger partial charge on any atom is 0.235 e. The van der Waals surface area contributed by atoms with Crippen LogP contribution in [0.1, 0.15) is 54.4 Å². The number of hydrogen-bond donors (Lipinski definition) is 2. The Labute approximate surface area is 201 Å². The second-order valence-electron chi connectivity index (χ2n) is 8.18. The summed E-state index contributed by atoms with van der Waals surface area (Å²) >= 11 is 1.11. The van der Waals surface area contributed by atoms with E-state index in [0.717, 1.165) is 48.7 Å². The summed E-state index contributed by atoms with van der Waals surface area (Å²) in [5.41, 5.74) is 2.39. The number of halogens is 1. The molecule has 1 amide bonds. The predicted molar refractivity (Wildman–Crippen MR) is 126 cm³/mol. The van der Waals surface area contributed by atoms with Gasteiger partial charge in [-0.25, -0.2) is 9.07 Å². The van der Waals surface area contributed by atoms with Crippen molar-refractivity contribution in [3.05, 3.63) is 52.7 Å². The quantitative estimate of drug-likeness (QED) is 0.368. The third-order valence-corrected chi connectivity index (χ3v) is 7.02. The van der Waals surface area contributed by atoms with Gasteiger partial charge in [-0.15, -0.1) is 10.2 Å². The Morgan fingerprint density at radius 3 is 2.76 bits per heavy atom. The summed E-state index contributed by atoms with van der Waals surface area (Å²) in [5.74, 6) is 6.25. The molecule has 11 heteroatoms. The molecule has 0 radical (unpaired) electrons. The van der Waals surface area contributed by atoms with Crippen LogP contribution >= 0.6 is 11.8 Å². The zero-order valence-electron chi connectivity index (χ0n) is 19.0. The fourth-order valence-electron chi connectivity index (χ4n) is 4.21. The lowest BCUT2D eigenvalue weighted by Crippen LogP contribution is -2.21. The molecule has 2 heterocycles. The van der Waals surface area contributed by atoms with Gasteiger partial charge in [0.15, 0.2) is 17.4 Å². The van der Waals surface area contributed by atoms with Crippen molar-refractivity contribution in [1.82, 2.24) is 19.4 Å². The van der Waals surface area contributed by atoms with Crippen LogP contribution in [0.4, 0.5) is 10.2 Å². The van der Waals surface area contributed by atoms with Crippen LogP contribution in [0.2, 0.25) is 0 Å². The molecule has 1 saturated carbocycles. The first-order valence-corrected chi connectivity index (χ1v) is 12.0. The van der Waals surface area contributed by atoms with Gasteiger partial charge in [-0.2, -0.15) is 5.26 Å². The van der Waals surface area contributed by atoms with E-state index in [1.54, 1.807) is 12.1 Å². The van der Waals surface area contributed by atoms with Crippen LogP contribution in [0.5, 0.6) is 5.75 Å². The highest BCUT2D eigenvalue weighted by atomic mass is 32.2. The van der Waals surface area contributed by atoms with Gasteiger partial charge >= 0.3 is 0 Å². The standard InChI is InChI=1S/C23H26FN7O2S/c1-14-15(2)30(16-7-3-4-8-16)22(17(14)11-25)27-21(32)13-34-23-29-28-20(31(23)26)12-33-19-10-6-5-9-18(19)24/h5-6,9-10,16H,3-4,7-8,12-13,26H2,1-2H3,(H,27,32). The number of aromatic nitrogens is 4. The highest BCUT2D eigenvalue weighted by molar-refractivity contribution is 7.99. The number of nitrogens with zero attached hydrogens (tertiary/aromatic N) is 5. The molecule has 0 atom stereocenters. The summed E-state index contributed by atoms with van der Waals surface area (Å²) in [6.45, 7) is 3.82. The van der Waals surface area contributed by atoms with E-state index in [-0.39, 0.29) is 30.1 Å². The summed E-state index contributed by atoms with van der Waals surface area (Å²) in [5, 5.41) is 20.9. The first-order chi connectivity index (χ1) is 16.4. The van der Waals surface area contributed by atoms with E-state index < -0.39 is 5.82 Å². The van der Waals surface area contributed by atoms with Gasteiger partial charge in [-0.05, 0) is 44.4 Å². The minimum atomic E-state index is -0.485. The molecular formula is C23H26FN7O2S. The SMILES string of the molecule is Cc1c(C#N)c(NC(=O)CSc2nnc(COc3ccccc3F)n2N)n(C2CCCC2)c1C. The molecule has 2 aromatic heterocycles. The molecule has 1 fully saturated rings. The molecule has 0 unspecified atom stereocenters. The van der Waals surface area contributed by atoms with Crippen molar-refractivity contribution in [3.63, 3.8) is 0 Å². The van der Waals surface area contributed by atoms with Crippen LogP contribution in [0, 0.1) is 31.0 Å². The molecule has 1 aliphatic carbocycles. The smallest absolute Gasteiger partial charge is 0.235 e. The van der Waals surface area contributed by atoms with Gasteiger partial charge in [0.05, 0.1) is 11.3 Å². The molecule has 0 bridgehead atoms. The number of rotatable bonds is 8. The minimum Gasteiger partial charge on any atom is -0.482 e. The van der Waals surface area contributed by atoms with Crippen molar-refractivity contribution in [3.8, 4) is 11.8 Å². The number of thioether (sulfide) groups is 1. The van der Waals surface area contributed by atoms with Gasteiger partial charge in [0.2, 0.25) is 11.1 Å². The topological polar surface area (TPSA) is 124 Å². The fraction of sp³-hybridized carbons (Fsp3) is 0.391. The first-order valence-electron chi connectivity index (χ1n) is 11.0. The maximum atomic E-state index is 13.7. The molecule has 0 spiro atoms. The molecule has 0 aliphatic heterocycles. The van der Waals surface area contributed by atoms with Crippen molar-refractivity contribution in [2.24, 2.45) is 0 Å². The van der Waals surface area contributed by atoms with Gasteiger partial charge in [0.25, 0.3) is 0 Å². The second kappa shape index (κ2) is 10.2. The van der Waals surface area contributed by atoms with Gasteiger partial charge in [0.1, 0.15) is 18.5 Å². The lowest BCUT2D eigenvalue weighted by atomic mass is 10.2. The lowest BCUT2D eigenvalue weighted by Gasteiger charge is -2.19. The number of ether oxygens (including phenoxy) is 1. The van der Waals surface area contributed by atoms with Crippen molar-refractivity contribution < 1.29 is 13.9 Å². The number of anilines is 1. The third-order valence-electron chi connectivity index (χ3n) is 6.08. The average Bonchev–Trinajstić information content (AvgIpc) is 3.52. The highest BCUT2D eigenvalue weighted by Gasteiger charge is 2.27. The number of amides is 1. The number of nitrogen functional groups attached to an aromatic ring is 1. The van der Waals surface area contributed by atoms with E-state index in [2.05, 4.69) is 26.2 Å². The monoisotopic (exact) mass is 483 g/mol. The number of para-hydroxylation sites is 1. The normalized spacial score (nSPS) is 13.7. The molecule has 4 rings (SSSR count).